The van der Waals surface area contributed by atoms with E-state index in [1.165, 1.54) is 17.0 Å². The Morgan fingerprint density at radius 2 is 1.53 bits per heavy atom. The summed E-state index contributed by atoms with van der Waals surface area (Å²) in [5, 5.41) is 0. The van der Waals surface area contributed by atoms with E-state index in [0.29, 0.717) is 37.5 Å². The highest BCUT2D eigenvalue weighted by molar-refractivity contribution is 5.95. The first-order valence-corrected chi connectivity index (χ1v) is 13.8. The predicted molar refractivity (Wildman–Crippen MR) is 155 cm³/mol. The molecule has 0 saturated carbocycles. The molecule has 6 heteroatoms. The minimum atomic E-state index is 0.0207. The number of nitrogens with zero attached hydrogens (tertiary/aromatic N) is 4. The topological polar surface area (TPSA) is 48.8 Å². The van der Waals surface area contributed by atoms with E-state index in [4.69, 9.17) is 0 Å². The fourth-order valence-electron chi connectivity index (χ4n) is 5.17. The molecule has 0 unspecified atom stereocenters. The fourth-order valence-corrected chi connectivity index (χ4v) is 5.17. The lowest BCUT2D eigenvalue weighted by atomic mass is 10.1. The standard InChI is InChI=1S/C32H42N4O2/c1-24(2)21-31(37)35-18-8-17-33(5)19-20-34(23-29-9-6-7-10-30(29)35)32(38)28-15-13-27(14-16-28)22-36-25(3)11-12-26(36)4/h6-7,9-16,24H,8,17-23H2,1-5H3. The number of carbonyl (C=O) groups excluding carboxylic acids is 2. The van der Waals surface area contributed by atoms with Gasteiger partial charge in [-0.25, -0.2) is 0 Å². The molecule has 2 heterocycles. The number of amides is 2. The number of hydrogen-bond donors (Lipinski definition) is 0. The molecule has 0 saturated heterocycles. The number of rotatable bonds is 5. The maximum Gasteiger partial charge on any atom is 0.254 e. The van der Waals surface area contributed by atoms with Crippen LogP contribution < -0.4 is 4.90 Å². The van der Waals surface area contributed by atoms with Gasteiger partial charge in [-0.1, -0.05) is 44.2 Å². The average molecular weight is 515 g/mol. The summed E-state index contributed by atoms with van der Waals surface area (Å²) >= 11 is 0. The van der Waals surface area contributed by atoms with Crippen LogP contribution in [0.15, 0.2) is 60.7 Å². The van der Waals surface area contributed by atoms with Gasteiger partial charge in [0.15, 0.2) is 0 Å². The summed E-state index contributed by atoms with van der Waals surface area (Å²) < 4.78 is 2.28. The number of benzene rings is 2. The van der Waals surface area contributed by atoms with Crippen LogP contribution in [0.3, 0.4) is 0 Å². The van der Waals surface area contributed by atoms with Crippen molar-refractivity contribution in [1.82, 2.24) is 14.4 Å². The number of hydrogen-bond acceptors (Lipinski definition) is 3. The second-order valence-corrected chi connectivity index (χ2v) is 11.1. The monoisotopic (exact) mass is 514 g/mol. The van der Waals surface area contributed by atoms with Crippen molar-refractivity contribution in [3.8, 4) is 0 Å². The van der Waals surface area contributed by atoms with E-state index >= 15 is 0 Å². The van der Waals surface area contributed by atoms with Crippen molar-refractivity contribution in [3.05, 3.63) is 88.7 Å². The Hall–Kier alpha value is -3.38. The summed E-state index contributed by atoms with van der Waals surface area (Å²) in [6.45, 7) is 12.6. The molecule has 4 rings (SSSR count). The quantitative estimate of drug-likeness (QED) is 0.451. The molecule has 1 aliphatic heterocycles. The van der Waals surface area contributed by atoms with Crippen molar-refractivity contribution >= 4 is 17.5 Å². The van der Waals surface area contributed by atoms with Crippen molar-refractivity contribution in [1.29, 1.82) is 0 Å². The van der Waals surface area contributed by atoms with E-state index in [-0.39, 0.29) is 11.8 Å². The fraction of sp³-hybridized carbons (Fsp3) is 0.438. The van der Waals surface area contributed by atoms with Crippen LogP contribution >= 0.6 is 0 Å². The lowest BCUT2D eigenvalue weighted by Gasteiger charge is -2.28. The van der Waals surface area contributed by atoms with Crippen LogP contribution in [0.25, 0.3) is 0 Å². The largest absolute Gasteiger partial charge is 0.345 e. The van der Waals surface area contributed by atoms with Gasteiger partial charge in [-0.2, -0.15) is 0 Å². The zero-order valence-electron chi connectivity index (χ0n) is 23.6. The number of para-hydroxylation sites is 1. The molecular formula is C32H42N4O2. The second kappa shape index (κ2) is 12.4. The van der Waals surface area contributed by atoms with Gasteiger partial charge in [0.1, 0.15) is 0 Å². The Labute approximate surface area is 227 Å². The highest BCUT2D eigenvalue weighted by Crippen LogP contribution is 2.25. The summed E-state index contributed by atoms with van der Waals surface area (Å²) in [6, 6.07) is 20.3. The minimum Gasteiger partial charge on any atom is -0.345 e. The van der Waals surface area contributed by atoms with Crippen molar-refractivity contribution in [2.75, 3.05) is 38.1 Å². The Bertz CT molecular complexity index is 1230. The van der Waals surface area contributed by atoms with Gasteiger partial charge in [-0.05, 0) is 81.2 Å². The van der Waals surface area contributed by atoms with Gasteiger partial charge in [0.2, 0.25) is 5.91 Å². The van der Waals surface area contributed by atoms with Gasteiger partial charge in [-0.3, -0.25) is 9.59 Å². The summed E-state index contributed by atoms with van der Waals surface area (Å²) in [4.78, 5) is 33.2. The van der Waals surface area contributed by atoms with E-state index in [1.54, 1.807) is 0 Å². The summed E-state index contributed by atoms with van der Waals surface area (Å²) in [6.07, 6.45) is 1.41. The predicted octanol–water partition coefficient (Wildman–Crippen LogP) is 5.51. The van der Waals surface area contributed by atoms with Crippen molar-refractivity contribution < 1.29 is 9.59 Å². The molecule has 2 amide bonds. The van der Waals surface area contributed by atoms with E-state index in [1.807, 2.05) is 40.1 Å². The number of aryl methyl sites for hydroxylation is 2. The number of aromatic nitrogens is 1. The Balaban J connectivity index is 1.59. The molecule has 0 aliphatic carbocycles. The molecule has 38 heavy (non-hydrogen) atoms. The lowest BCUT2D eigenvalue weighted by Crippen LogP contribution is -2.37. The third-order valence-electron chi connectivity index (χ3n) is 7.45. The highest BCUT2D eigenvalue weighted by Gasteiger charge is 2.24. The molecule has 3 aromatic rings. The Kier molecular flexibility index (Phi) is 9.05. The molecule has 0 spiro atoms. The van der Waals surface area contributed by atoms with Crippen LogP contribution in [0.5, 0.6) is 0 Å². The molecule has 1 aromatic heterocycles. The van der Waals surface area contributed by atoms with Gasteiger partial charge in [0, 0.05) is 61.8 Å². The Morgan fingerprint density at radius 3 is 2.21 bits per heavy atom. The zero-order valence-corrected chi connectivity index (χ0v) is 23.6. The molecule has 0 fully saturated rings. The third kappa shape index (κ3) is 6.73. The first-order chi connectivity index (χ1) is 18.2. The number of anilines is 1. The van der Waals surface area contributed by atoms with Crippen molar-refractivity contribution in [2.24, 2.45) is 5.92 Å². The molecule has 0 atom stereocenters. The number of carbonyl (C=O) groups is 2. The van der Waals surface area contributed by atoms with E-state index in [2.05, 4.69) is 74.5 Å². The van der Waals surface area contributed by atoms with Gasteiger partial charge in [0.25, 0.3) is 5.91 Å². The summed E-state index contributed by atoms with van der Waals surface area (Å²) in [5.41, 5.74) is 6.26. The molecule has 0 bridgehead atoms. The van der Waals surface area contributed by atoms with Crippen LogP contribution in [-0.4, -0.2) is 59.4 Å². The average Bonchev–Trinajstić information content (AvgIpc) is 3.19. The van der Waals surface area contributed by atoms with Gasteiger partial charge in [-0.15, -0.1) is 0 Å². The molecule has 202 valence electrons. The second-order valence-electron chi connectivity index (χ2n) is 11.1. The van der Waals surface area contributed by atoms with Crippen LogP contribution in [0.4, 0.5) is 5.69 Å². The Morgan fingerprint density at radius 1 is 0.842 bits per heavy atom. The first-order valence-electron chi connectivity index (χ1n) is 13.8. The van der Waals surface area contributed by atoms with Crippen LogP contribution in [-0.2, 0) is 17.9 Å². The smallest absolute Gasteiger partial charge is 0.254 e. The molecule has 0 radical (unpaired) electrons. The number of fused-ring (bicyclic) bond motifs is 1. The van der Waals surface area contributed by atoms with Crippen molar-refractivity contribution in [2.45, 2.75) is 53.6 Å². The summed E-state index contributed by atoms with van der Waals surface area (Å²) in [5.74, 6) is 0.463. The molecule has 6 nitrogen and oxygen atoms in total. The van der Waals surface area contributed by atoms with Crippen LogP contribution in [0, 0.1) is 19.8 Å². The molecule has 0 N–H and O–H groups in total. The van der Waals surface area contributed by atoms with E-state index in [0.717, 1.165) is 37.3 Å². The van der Waals surface area contributed by atoms with Crippen LogP contribution in [0.1, 0.15) is 59.6 Å². The molecule has 2 aromatic carbocycles. The van der Waals surface area contributed by atoms with Gasteiger partial charge in [0.05, 0.1) is 0 Å². The normalized spacial score (nSPS) is 15.3. The van der Waals surface area contributed by atoms with E-state index in [9.17, 15) is 9.59 Å². The molecule has 1 aliphatic rings. The number of likely N-dealkylation sites (N-methyl/N-ethyl adjacent to an activating group) is 1. The van der Waals surface area contributed by atoms with Gasteiger partial charge >= 0.3 is 0 Å². The highest BCUT2D eigenvalue weighted by atomic mass is 16.2. The zero-order chi connectivity index (χ0) is 27.2. The first kappa shape index (κ1) is 27.6. The summed E-state index contributed by atoms with van der Waals surface area (Å²) in [7, 11) is 2.09. The molecular weight excluding hydrogens is 472 g/mol. The third-order valence-corrected chi connectivity index (χ3v) is 7.45. The van der Waals surface area contributed by atoms with Crippen molar-refractivity contribution in [3.63, 3.8) is 0 Å². The van der Waals surface area contributed by atoms with E-state index < -0.39 is 0 Å². The van der Waals surface area contributed by atoms with Crippen LogP contribution in [0.2, 0.25) is 0 Å². The maximum atomic E-state index is 13.8. The SMILES string of the molecule is Cc1ccc(C)n1Cc1ccc(C(=O)N2CCN(C)CCCN(C(=O)CC(C)C)c3ccccc3C2)cc1. The lowest BCUT2D eigenvalue weighted by molar-refractivity contribution is -0.119. The van der Waals surface area contributed by atoms with Gasteiger partial charge < -0.3 is 19.3 Å². The minimum absolute atomic E-state index is 0.0207. The maximum absolute atomic E-state index is 13.8.